The zero-order valence-electron chi connectivity index (χ0n) is 18.8. The summed E-state index contributed by atoms with van der Waals surface area (Å²) in [6, 6.07) is 10.3. The van der Waals surface area contributed by atoms with Gasteiger partial charge in [0.1, 0.15) is 11.6 Å². The summed E-state index contributed by atoms with van der Waals surface area (Å²) in [5.74, 6) is -0.148. The van der Waals surface area contributed by atoms with Crippen LogP contribution in [0.5, 0.6) is 11.5 Å². The fourth-order valence-electron chi connectivity index (χ4n) is 3.20. The van der Waals surface area contributed by atoms with Crippen molar-refractivity contribution in [3.05, 3.63) is 59.9 Å². The third-order valence-electron chi connectivity index (χ3n) is 4.90. The van der Waals surface area contributed by atoms with Gasteiger partial charge in [0.25, 0.3) is 0 Å². The minimum Gasteiger partial charge on any atom is -0.493 e. The molecule has 0 radical (unpaired) electrons. The Balaban J connectivity index is 1.75. The molecule has 3 rings (SSSR count). The Hall–Kier alpha value is -3.14. The van der Waals surface area contributed by atoms with Gasteiger partial charge in [-0.1, -0.05) is 30.8 Å². The second kappa shape index (κ2) is 11.1. The molecule has 7 nitrogen and oxygen atoms in total. The number of nitrogens with zero attached hydrogens (tertiary/aromatic N) is 3. The molecule has 3 aromatic rings. The lowest BCUT2D eigenvalue weighted by Crippen LogP contribution is -2.25. The van der Waals surface area contributed by atoms with Gasteiger partial charge in [-0.25, -0.2) is 8.78 Å². The van der Waals surface area contributed by atoms with Crippen molar-refractivity contribution in [3.63, 3.8) is 0 Å². The van der Waals surface area contributed by atoms with Crippen LogP contribution in [0.1, 0.15) is 39.1 Å². The van der Waals surface area contributed by atoms with E-state index in [1.54, 1.807) is 7.11 Å². The highest BCUT2D eigenvalue weighted by molar-refractivity contribution is 8.00. The van der Waals surface area contributed by atoms with Crippen molar-refractivity contribution in [2.75, 3.05) is 12.4 Å². The fraction of sp³-hybridized carbons (Fsp3) is 0.348. The van der Waals surface area contributed by atoms with Gasteiger partial charge in [-0.15, -0.1) is 10.2 Å². The summed E-state index contributed by atoms with van der Waals surface area (Å²) >= 11 is 1.23. The first-order valence-electron chi connectivity index (χ1n) is 10.5. The zero-order valence-corrected chi connectivity index (χ0v) is 19.7. The van der Waals surface area contributed by atoms with E-state index in [0.29, 0.717) is 35.4 Å². The predicted molar refractivity (Wildman–Crippen MR) is 123 cm³/mol. The van der Waals surface area contributed by atoms with E-state index in [0.717, 1.165) is 12.1 Å². The number of thioether (sulfide) groups is 1. The van der Waals surface area contributed by atoms with Crippen LogP contribution in [0.15, 0.2) is 47.6 Å². The summed E-state index contributed by atoms with van der Waals surface area (Å²) in [5.41, 5.74) is -0.0723. The van der Waals surface area contributed by atoms with Crippen LogP contribution in [-0.2, 0) is 11.3 Å². The highest BCUT2D eigenvalue weighted by Gasteiger charge is 2.25. The number of ether oxygens (including phenoxy) is 2. The number of anilines is 1. The molecule has 0 aliphatic carbocycles. The van der Waals surface area contributed by atoms with Gasteiger partial charge >= 0.3 is 0 Å². The summed E-state index contributed by atoms with van der Waals surface area (Å²) < 4.78 is 40.3. The first kappa shape index (κ1) is 24.5. The summed E-state index contributed by atoms with van der Waals surface area (Å²) in [7, 11) is 1.57. The lowest BCUT2D eigenvalue weighted by molar-refractivity contribution is -0.115. The molecule has 2 atom stereocenters. The molecule has 1 N–H and O–H groups in total. The highest BCUT2D eigenvalue weighted by atomic mass is 32.2. The van der Waals surface area contributed by atoms with Crippen molar-refractivity contribution >= 4 is 23.4 Å². The van der Waals surface area contributed by atoms with Gasteiger partial charge in [0.15, 0.2) is 28.6 Å². The van der Waals surface area contributed by atoms with Gasteiger partial charge < -0.3 is 19.4 Å². The van der Waals surface area contributed by atoms with Gasteiger partial charge in [0, 0.05) is 12.6 Å². The Labute approximate surface area is 195 Å². The first-order valence-corrected chi connectivity index (χ1v) is 11.4. The summed E-state index contributed by atoms with van der Waals surface area (Å²) in [5, 5.41) is 11.1. The molecule has 0 bridgehead atoms. The van der Waals surface area contributed by atoms with E-state index >= 15 is 0 Å². The number of para-hydroxylation sites is 2. The standard InChI is InChI=1S/C23H26F2N4O3S/c1-5-20(22(30)26-17-12-11-15(24)13-16(17)25)33-23-28-27-21(29(23)6-2)14(3)32-19-10-8-7-9-18(19)31-4/h7-14,20H,5-6H2,1-4H3,(H,26,30). The zero-order chi connectivity index (χ0) is 24.0. The average molecular weight is 477 g/mol. The van der Waals surface area contributed by atoms with Gasteiger partial charge in [0.05, 0.1) is 18.0 Å². The summed E-state index contributed by atoms with van der Waals surface area (Å²) in [4.78, 5) is 12.7. The maximum atomic E-state index is 13.9. The predicted octanol–water partition coefficient (Wildman–Crippen LogP) is 5.23. The molecule has 1 aromatic heterocycles. The maximum Gasteiger partial charge on any atom is 0.238 e. The number of hydrogen-bond acceptors (Lipinski definition) is 6. The van der Waals surface area contributed by atoms with E-state index in [2.05, 4.69) is 15.5 Å². The third kappa shape index (κ3) is 5.81. The minimum absolute atomic E-state index is 0.0723. The third-order valence-corrected chi connectivity index (χ3v) is 6.24. The van der Waals surface area contributed by atoms with E-state index in [1.165, 1.54) is 17.8 Å². The smallest absolute Gasteiger partial charge is 0.238 e. The number of carbonyl (C=O) groups is 1. The molecule has 0 saturated carbocycles. The molecule has 2 aromatic carbocycles. The minimum atomic E-state index is -0.829. The Morgan fingerprint density at radius 3 is 2.52 bits per heavy atom. The second-order valence-corrected chi connectivity index (χ2v) is 8.29. The Morgan fingerprint density at radius 1 is 1.15 bits per heavy atom. The number of aromatic nitrogens is 3. The van der Waals surface area contributed by atoms with Crippen molar-refractivity contribution in [2.45, 2.75) is 50.2 Å². The molecular weight excluding hydrogens is 450 g/mol. The molecule has 0 spiro atoms. The Kier molecular flexibility index (Phi) is 8.26. The Morgan fingerprint density at radius 2 is 1.88 bits per heavy atom. The molecule has 0 saturated heterocycles. The van der Waals surface area contributed by atoms with Crippen LogP contribution in [0.2, 0.25) is 0 Å². The van der Waals surface area contributed by atoms with E-state index in [9.17, 15) is 13.6 Å². The van der Waals surface area contributed by atoms with Crippen LogP contribution in [0.4, 0.5) is 14.5 Å². The van der Waals surface area contributed by atoms with Crippen LogP contribution < -0.4 is 14.8 Å². The van der Waals surface area contributed by atoms with Gasteiger partial charge in [-0.3, -0.25) is 4.79 Å². The molecule has 33 heavy (non-hydrogen) atoms. The summed E-state index contributed by atoms with van der Waals surface area (Å²) in [6.45, 7) is 6.22. The maximum absolute atomic E-state index is 13.9. The normalized spacial score (nSPS) is 12.8. The number of carbonyl (C=O) groups excluding carboxylic acids is 1. The van der Waals surface area contributed by atoms with Crippen molar-refractivity contribution in [1.82, 2.24) is 14.8 Å². The molecule has 2 unspecified atom stereocenters. The molecule has 0 fully saturated rings. The quantitative estimate of drug-likeness (QED) is 0.404. The lowest BCUT2D eigenvalue weighted by Gasteiger charge is -2.18. The van der Waals surface area contributed by atoms with Gasteiger partial charge in [-0.2, -0.15) is 0 Å². The van der Waals surface area contributed by atoms with Crippen molar-refractivity contribution in [3.8, 4) is 11.5 Å². The largest absolute Gasteiger partial charge is 0.493 e. The van der Waals surface area contributed by atoms with Crippen LogP contribution >= 0.6 is 11.8 Å². The van der Waals surface area contributed by atoms with Gasteiger partial charge in [-0.05, 0) is 44.5 Å². The van der Waals surface area contributed by atoms with Crippen LogP contribution in [0.25, 0.3) is 0 Å². The topological polar surface area (TPSA) is 78.3 Å². The highest BCUT2D eigenvalue weighted by Crippen LogP contribution is 2.32. The molecule has 10 heteroatoms. The molecular formula is C23H26F2N4O3S. The summed E-state index contributed by atoms with van der Waals surface area (Å²) in [6.07, 6.45) is 0.0451. The number of nitrogens with one attached hydrogen (secondary N) is 1. The number of methoxy groups -OCH3 is 1. The van der Waals surface area contributed by atoms with Crippen molar-refractivity contribution in [1.29, 1.82) is 0 Å². The fourth-order valence-corrected chi connectivity index (χ4v) is 4.22. The number of amides is 1. The van der Waals surface area contributed by atoms with E-state index in [4.69, 9.17) is 9.47 Å². The molecule has 1 heterocycles. The lowest BCUT2D eigenvalue weighted by atomic mass is 10.2. The monoisotopic (exact) mass is 476 g/mol. The van der Waals surface area contributed by atoms with Gasteiger partial charge in [0.2, 0.25) is 5.91 Å². The second-order valence-electron chi connectivity index (χ2n) is 7.12. The number of halogens is 2. The first-order chi connectivity index (χ1) is 15.9. The molecule has 1 amide bonds. The molecule has 0 aliphatic heterocycles. The molecule has 176 valence electrons. The molecule has 0 aliphatic rings. The van der Waals surface area contributed by atoms with Crippen LogP contribution in [0, 0.1) is 11.6 Å². The van der Waals surface area contributed by atoms with E-state index < -0.39 is 28.9 Å². The van der Waals surface area contributed by atoms with Crippen LogP contribution in [-0.4, -0.2) is 33.0 Å². The number of benzene rings is 2. The van der Waals surface area contributed by atoms with Crippen molar-refractivity contribution < 1.29 is 23.0 Å². The Bertz CT molecular complexity index is 1110. The van der Waals surface area contributed by atoms with Crippen molar-refractivity contribution in [2.24, 2.45) is 0 Å². The number of hydrogen-bond donors (Lipinski definition) is 1. The number of rotatable bonds is 10. The van der Waals surface area contributed by atoms with Crippen LogP contribution in [0.3, 0.4) is 0 Å². The van der Waals surface area contributed by atoms with E-state index in [1.807, 2.05) is 49.6 Å². The van der Waals surface area contributed by atoms with E-state index in [-0.39, 0.29) is 5.69 Å². The SMILES string of the molecule is CCC(Sc1nnc(C(C)Oc2ccccc2OC)n1CC)C(=O)Nc1ccc(F)cc1F. The average Bonchev–Trinajstić information content (AvgIpc) is 3.22.